The molecule has 0 saturated heterocycles. The molecule has 0 aliphatic heterocycles. The Morgan fingerprint density at radius 2 is 1.26 bits per heavy atom. The van der Waals surface area contributed by atoms with E-state index in [1.807, 2.05) is 94.6 Å². The molecule has 0 radical (unpaired) electrons. The van der Waals surface area contributed by atoms with Crippen molar-refractivity contribution in [3.8, 4) is 22.4 Å². The third kappa shape index (κ3) is 4.72. The Balaban J connectivity index is 0.000000614. The highest BCUT2D eigenvalue weighted by Crippen LogP contribution is 2.33. The maximum absolute atomic E-state index is 6.29. The van der Waals surface area contributed by atoms with Gasteiger partial charge in [-0.15, -0.1) is 0 Å². The van der Waals surface area contributed by atoms with Crippen LogP contribution >= 0.6 is 11.6 Å². The van der Waals surface area contributed by atoms with Gasteiger partial charge in [0.25, 0.3) is 0 Å². The van der Waals surface area contributed by atoms with Crippen LogP contribution < -0.4 is 0 Å². The molecule has 0 fully saturated rings. The molecule has 2 aromatic carbocycles. The lowest BCUT2D eigenvalue weighted by molar-refractivity contribution is 1.31. The lowest BCUT2D eigenvalue weighted by Gasteiger charge is -2.10. The van der Waals surface area contributed by atoms with E-state index in [2.05, 4.69) is 22.1 Å². The summed E-state index contributed by atoms with van der Waals surface area (Å²) < 4.78 is 0. The highest BCUT2D eigenvalue weighted by Gasteiger charge is 2.12. The first kappa shape index (κ1) is 20.6. The van der Waals surface area contributed by atoms with Crippen LogP contribution in [0.15, 0.2) is 79.0 Å². The van der Waals surface area contributed by atoms with Crippen LogP contribution in [-0.4, -0.2) is 9.97 Å². The van der Waals surface area contributed by atoms with Gasteiger partial charge in [-0.2, -0.15) is 0 Å². The third-order valence-electron chi connectivity index (χ3n) is 3.83. The molecule has 2 nitrogen and oxygen atoms in total. The molecule has 0 amide bonds. The minimum absolute atomic E-state index is 0.474. The van der Waals surface area contributed by atoms with Crippen LogP contribution in [-0.2, 0) is 0 Å². The fourth-order valence-electron chi connectivity index (χ4n) is 2.78. The van der Waals surface area contributed by atoms with Crippen LogP contribution in [0.4, 0.5) is 0 Å². The molecule has 138 valence electrons. The van der Waals surface area contributed by atoms with Crippen LogP contribution in [0.25, 0.3) is 33.3 Å². The van der Waals surface area contributed by atoms with Gasteiger partial charge in [0.15, 0.2) is 0 Å². The van der Waals surface area contributed by atoms with Crippen molar-refractivity contribution in [2.45, 2.75) is 27.7 Å². The standard InChI is InChI=1S/C20H13ClN2.2C2H6/c21-18-13-17(14-7-3-1-4-8-14)16-11-12-22-19(20(16)23-18)15-9-5-2-6-10-15;2*1-2/h1-13H;2*1-2H3. The van der Waals surface area contributed by atoms with Crippen molar-refractivity contribution >= 4 is 22.5 Å². The predicted molar refractivity (Wildman–Crippen MR) is 118 cm³/mol. The summed E-state index contributed by atoms with van der Waals surface area (Å²) in [6, 6.07) is 24.2. The SMILES string of the molecule is CC.CC.Clc1cc(-c2ccccc2)c2ccnc(-c3ccccc3)c2n1. The Morgan fingerprint density at radius 1 is 0.704 bits per heavy atom. The summed E-state index contributed by atoms with van der Waals surface area (Å²) in [5.41, 5.74) is 4.90. The van der Waals surface area contributed by atoms with Crippen LogP contribution in [0.2, 0.25) is 5.15 Å². The van der Waals surface area contributed by atoms with Gasteiger partial charge in [-0.25, -0.2) is 4.98 Å². The number of nitrogens with zero attached hydrogens (tertiary/aromatic N) is 2. The lowest BCUT2D eigenvalue weighted by Crippen LogP contribution is -1.92. The van der Waals surface area contributed by atoms with E-state index in [4.69, 9.17) is 11.6 Å². The Kier molecular flexibility index (Phi) is 7.97. The maximum Gasteiger partial charge on any atom is 0.130 e. The van der Waals surface area contributed by atoms with E-state index in [1.54, 1.807) is 0 Å². The zero-order valence-corrected chi connectivity index (χ0v) is 17.0. The summed E-state index contributed by atoms with van der Waals surface area (Å²) in [4.78, 5) is 9.07. The van der Waals surface area contributed by atoms with Gasteiger partial charge in [0.05, 0.1) is 11.2 Å². The van der Waals surface area contributed by atoms with E-state index >= 15 is 0 Å². The van der Waals surface area contributed by atoms with Crippen molar-refractivity contribution in [1.29, 1.82) is 0 Å². The molecular weight excluding hydrogens is 352 g/mol. The van der Waals surface area contributed by atoms with Gasteiger partial charge in [0, 0.05) is 17.1 Å². The topological polar surface area (TPSA) is 25.8 Å². The molecule has 0 N–H and O–H groups in total. The van der Waals surface area contributed by atoms with E-state index in [9.17, 15) is 0 Å². The molecule has 0 atom stereocenters. The molecule has 0 unspecified atom stereocenters. The Morgan fingerprint density at radius 3 is 1.85 bits per heavy atom. The molecule has 0 spiro atoms. The van der Waals surface area contributed by atoms with Crippen molar-refractivity contribution in [2.24, 2.45) is 0 Å². The van der Waals surface area contributed by atoms with Gasteiger partial charge < -0.3 is 0 Å². The van der Waals surface area contributed by atoms with E-state index in [0.717, 1.165) is 33.3 Å². The molecule has 2 heterocycles. The van der Waals surface area contributed by atoms with E-state index in [0.29, 0.717) is 5.15 Å². The van der Waals surface area contributed by atoms with Gasteiger partial charge in [-0.3, -0.25) is 4.98 Å². The zero-order valence-electron chi connectivity index (χ0n) is 16.3. The Bertz CT molecular complexity index is 967. The molecule has 0 saturated carbocycles. The molecule has 0 bridgehead atoms. The van der Waals surface area contributed by atoms with Crippen molar-refractivity contribution in [3.05, 3.63) is 84.1 Å². The average molecular weight is 377 g/mol. The van der Waals surface area contributed by atoms with Gasteiger partial charge in [-0.1, -0.05) is 100.0 Å². The number of hydrogen-bond acceptors (Lipinski definition) is 2. The Hall–Kier alpha value is -2.71. The molecule has 4 aromatic rings. The van der Waals surface area contributed by atoms with Crippen molar-refractivity contribution in [2.75, 3.05) is 0 Å². The monoisotopic (exact) mass is 376 g/mol. The largest absolute Gasteiger partial charge is 0.254 e. The van der Waals surface area contributed by atoms with E-state index in [-0.39, 0.29) is 0 Å². The predicted octanol–water partition coefficient (Wildman–Crippen LogP) is 7.67. The van der Waals surface area contributed by atoms with Crippen LogP contribution in [0.1, 0.15) is 27.7 Å². The normalized spacial score (nSPS) is 9.67. The summed E-state index contributed by atoms with van der Waals surface area (Å²) >= 11 is 6.29. The van der Waals surface area contributed by atoms with E-state index < -0.39 is 0 Å². The summed E-state index contributed by atoms with van der Waals surface area (Å²) in [5.74, 6) is 0. The van der Waals surface area contributed by atoms with Crippen molar-refractivity contribution in [3.63, 3.8) is 0 Å². The van der Waals surface area contributed by atoms with Crippen LogP contribution in [0, 0.1) is 0 Å². The molecular formula is C24H25ClN2. The third-order valence-corrected chi connectivity index (χ3v) is 4.02. The lowest BCUT2D eigenvalue weighted by atomic mass is 10.00. The number of rotatable bonds is 2. The van der Waals surface area contributed by atoms with Gasteiger partial charge in [0.2, 0.25) is 0 Å². The molecule has 0 aliphatic rings. The number of pyridine rings is 2. The van der Waals surface area contributed by atoms with Gasteiger partial charge in [-0.05, 0) is 23.3 Å². The second-order valence-corrected chi connectivity index (χ2v) is 5.67. The highest BCUT2D eigenvalue weighted by atomic mass is 35.5. The van der Waals surface area contributed by atoms with Crippen LogP contribution in [0.5, 0.6) is 0 Å². The average Bonchev–Trinajstić information content (AvgIpc) is 2.77. The second kappa shape index (κ2) is 10.4. The highest BCUT2D eigenvalue weighted by molar-refractivity contribution is 6.30. The minimum Gasteiger partial charge on any atom is -0.254 e. The molecule has 27 heavy (non-hydrogen) atoms. The first-order valence-corrected chi connectivity index (χ1v) is 9.77. The Labute approximate surface area is 166 Å². The summed E-state index contributed by atoms with van der Waals surface area (Å²) in [5, 5.41) is 1.52. The fraction of sp³-hybridized carbons (Fsp3) is 0.167. The van der Waals surface area contributed by atoms with E-state index in [1.165, 1.54) is 0 Å². The quantitative estimate of drug-likeness (QED) is 0.335. The molecule has 0 aliphatic carbocycles. The first-order chi connectivity index (χ1) is 13.3. The molecule has 2 aromatic heterocycles. The minimum atomic E-state index is 0.474. The van der Waals surface area contributed by atoms with Gasteiger partial charge in [0.1, 0.15) is 5.15 Å². The fourth-order valence-corrected chi connectivity index (χ4v) is 2.98. The first-order valence-electron chi connectivity index (χ1n) is 9.39. The second-order valence-electron chi connectivity index (χ2n) is 5.28. The van der Waals surface area contributed by atoms with Crippen LogP contribution in [0.3, 0.4) is 0 Å². The number of halogens is 1. The smallest absolute Gasteiger partial charge is 0.130 e. The summed E-state index contributed by atoms with van der Waals surface area (Å²) in [6.45, 7) is 8.00. The molecule has 4 rings (SSSR count). The molecule has 3 heteroatoms. The number of benzene rings is 2. The number of fused-ring (bicyclic) bond motifs is 1. The van der Waals surface area contributed by atoms with Gasteiger partial charge >= 0.3 is 0 Å². The maximum atomic E-state index is 6.29. The van der Waals surface area contributed by atoms with Crippen molar-refractivity contribution in [1.82, 2.24) is 9.97 Å². The van der Waals surface area contributed by atoms with Crippen molar-refractivity contribution < 1.29 is 0 Å². The number of aromatic nitrogens is 2. The zero-order chi connectivity index (χ0) is 19.6. The number of hydrogen-bond donors (Lipinski definition) is 0. The summed E-state index contributed by atoms with van der Waals surface area (Å²) in [7, 11) is 0. The summed E-state index contributed by atoms with van der Waals surface area (Å²) in [6.07, 6.45) is 1.83.